The Morgan fingerprint density at radius 1 is 1.15 bits per heavy atom. The molecule has 0 radical (unpaired) electrons. The lowest BCUT2D eigenvalue weighted by atomic mass is 10.0. The third-order valence-corrected chi connectivity index (χ3v) is 3.36. The Bertz CT molecular complexity index is 583. The molecular weight excluding hydrogens is 253 g/mol. The Hall–Kier alpha value is -1.87. The van der Waals surface area contributed by atoms with Crippen LogP contribution in [0.15, 0.2) is 42.5 Å². The molecule has 0 heterocycles. The molecule has 106 valence electrons. The highest BCUT2D eigenvalue weighted by Crippen LogP contribution is 2.31. The second kappa shape index (κ2) is 6.53. The van der Waals surface area contributed by atoms with Crippen LogP contribution in [-0.4, -0.2) is 6.04 Å². The Kier molecular flexibility index (Phi) is 4.74. The van der Waals surface area contributed by atoms with Gasteiger partial charge in [0.15, 0.2) is 11.6 Å². The van der Waals surface area contributed by atoms with Crippen molar-refractivity contribution < 1.29 is 9.13 Å². The number of rotatable bonds is 5. The standard InChI is InChI=1S/C17H20FNO/c1-3-14(19)11-13-8-6-9-15(18)17(13)20-16-10-5-4-7-12(16)2/h4-10,14H,3,11,19H2,1-2H3. The summed E-state index contributed by atoms with van der Waals surface area (Å²) in [5, 5.41) is 0. The lowest BCUT2D eigenvalue weighted by Crippen LogP contribution is -2.21. The maximum absolute atomic E-state index is 14.1. The predicted molar refractivity (Wildman–Crippen MR) is 79.6 cm³/mol. The van der Waals surface area contributed by atoms with Crippen molar-refractivity contribution in [3.05, 3.63) is 59.4 Å². The van der Waals surface area contributed by atoms with Crippen LogP contribution in [-0.2, 0) is 6.42 Å². The summed E-state index contributed by atoms with van der Waals surface area (Å²) >= 11 is 0. The molecule has 0 bridgehead atoms. The van der Waals surface area contributed by atoms with Gasteiger partial charge in [-0.05, 0) is 43.0 Å². The largest absolute Gasteiger partial charge is 0.454 e. The van der Waals surface area contributed by atoms with Crippen LogP contribution in [0.4, 0.5) is 4.39 Å². The van der Waals surface area contributed by atoms with Gasteiger partial charge < -0.3 is 10.5 Å². The number of halogens is 1. The van der Waals surface area contributed by atoms with E-state index in [1.807, 2.05) is 44.2 Å². The van der Waals surface area contributed by atoms with Crippen LogP contribution >= 0.6 is 0 Å². The molecule has 0 aliphatic carbocycles. The topological polar surface area (TPSA) is 35.2 Å². The lowest BCUT2D eigenvalue weighted by molar-refractivity contribution is 0.431. The highest BCUT2D eigenvalue weighted by Gasteiger charge is 2.14. The monoisotopic (exact) mass is 273 g/mol. The van der Waals surface area contributed by atoms with E-state index in [9.17, 15) is 4.39 Å². The summed E-state index contributed by atoms with van der Waals surface area (Å²) in [5.74, 6) is 0.601. The van der Waals surface area contributed by atoms with Crippen LogP contribution in [0, 0.1) is 12.7 Å². The average molecular weight is 273 g/mol. The highest BCUT2D eigenvalue weighted by molar-refractivity contribution is 5.42. The van der Waals surface area contributed by atoms with Crippen LogP contribution in [0.2, 0.25) is 0 Å². The number of nitrogens with two attached hydrogens (primary N) is 1. The fourth-order valence-electron chi connectivity index (χ4n) is 2.04. The normalized spacial score (nSPS) is 12.2. The summed E-state index contributed by atoms with van der Waals surface area (Å²) in [4.78, 5) is 0. The fraction of sp³-hybridized carbons (Fsp3) is 0.294. The molecule has 1 unspecified atom stereocenters. The van der Waals surface area contributed by atoms with Gasteiger partial charge in [-0.25, -0.2) is 4.39 Å². The van der Waals surface area contributed by atoms with Crippen molar-refractivity contribution in [3.8, 4) is 11.5 Å². The van der Waals surface area contributed by atoms with E-state index in [4.69, 9.17) is 10.5 Å². The summed E-state index contributed by atoms with van der Waals surface area (Å²) in [6.45, 7) is 3.96. The van der Waals surface area contributed by atoms with Crippen molar-refractivity contribution in [2.75, 3.05) is 0 Å². The second-order valence-corrected chi connectivity index (χ2v) is 4.97. The van der Waals surface area contributed by atoms with Crippen molar-refractivity contribution in [2.24, 2.45) is 5.73 Å². The van der Waals surface area contributed by atoms with Gasteiger partial charge in [0.2, 0.25) is 0 Å². The number of hydrogen-bond donors (Lipinski definition) is 1. The Morgan fingerprint density at radius 3 is 2.60 bits per heavy atom. The number of benzene rings is 2. The van der Waals surface area contributed by atoms with Gasteiger partial charge in [-0.3, -0.25) is 0 Å². The Morgan fingerprint density at radius 2 is 1.90 bits per heavy atom. The van der Waals surface area contributed by atoms with Crippen molar-refractivity contribution >= 4 is 0 Å². The lowest BCUT2D eigenvalue weighted by Gasteiger charge is -2.15. The third kappa shape index (κ3) is 3.36. The summed E-state index contributed by atoms with van der Waals surface area (Å²) < 4.78 is 19.8. The van der Waals surface area contributed by atoms with Crippen LogP contribution in [0.3, 0.4) is 0 Å². The molecule has 0 aliphatic heterocycles. The molecule has 0 saturated heterocycles. The van der Waals surface area contributed by atoms with E-state index >= 15 is 0 Å². The molecule has 2 N–H and O–H groups in total. The fourth-order valence-corrected chi connectivity index (χ4v) is 2.04. The molecule has 0 saturated carbocycles. The van der Waals surface area contributed by atoms with E-state index in [-0.39, 0.29) is 17.6 Å². The molecule has 2 nitrogen and oxygen atoms in total. The smallest absolute Gasteiger partial charge is 0.166 e. The molecule has 2 aromatic rings. The molecule has 2 aromatic carbocycles. The van der Waals surface area contributed by atoms with Gasteiger partial charge in [0, 0.05) is 6.04 Å². The molecular formula is C17H20FNO. The number of ether oxygens (including phenoxy) is 1. The first-order chi connectivity index (χ1) is 9.61. The summed E-state index contributed by atoms with van der Waals surface area (Å²) in [7, 11) is 0. The maximum Gasteiger partial charge on any atom is 0.166 e. The van der Waals surface area contributed by atoms with Crippen LogP contribution < -0.4 is 10.5 Å². The molecule has 1 atom stereocenters. The summed E-state index contributed by atoms with van der Waals surface area (Å²) in [5.41, 5.74) is 7.75. The van der Waals surface area contributed by atoms with E-state index in [0.717, 1.165) is 17.5 Å². The second-order valence-electron chi connectivity index (χ2n) is 4.97. The van der Waals surface area contributed by atoms with Crippen molar-refractivity contribution in [2.45, 2.75) is 32.7 Å². The SMILES string of the molecule is CCC(N)Cc1cccc(F)c1Oc1ccccc1C. The van der Waals surface area contributed by atoms with E-state index < -0.39 is 0 Å². The zero-order chi connectivity index (χ0) is 14.5. The predicted octanol–water partition coefficient (Wildman–Crippen LogP) is 4.21. The molecule has 0 fully saturated rings. The van der Waals surface area contributed by atoms with Gasteiger partial charge in [0.05, 0.1) is 0 Å². The van der Waals surface area contributed by atoms with E-state index in [0.29, 0.717) is 12.2 Å². The molecule has 0 spiro atoms. The maximum atomic E-state index is 14.1. The molecule has 2 rings (SSSR count). The minimum absolute atomic E-state index is 0.0102. The minimum atomic E-state index is -0.353. The van der Waals surface area contributed by atoms with Crippen molar-refractivity contribution in [1.82, 2.24) is 0 Å². The first-order valence-corrected chi connectivity index (χ1v) is 6.88. The number of para-hydroxylation sites is 2. The Labute approximate surface area is 119 Å². The van der Waals surface area contributed by atoms with Gasteiger partial charge in [-0.1, -0.05) is 37.3 Å². The van der Waals surface area contributed by atoms with E-state index in [1.54, 1.807) is 6.07 Å². The zero-order valence-corrected chi connectivity index (χ0v) is 11.9. The number of hydrogen-bond acceptors (Lipinski definition) is 2. The van der Waals surface area contributed by atoms with Crippen LogP contribution in [0.1, 0.15) is 24.5 Å². The van der Waals surface area contributed by atoms with E-state index in [2.05, 4.69) is 0 Å². The average Bonchev–Trinajstić information content (AvgIpc) is 2.44. The minimum Gasteiger partial charge on any atom is -0.454 e. The first-order valence-electron chi connectivity index (χ1n) is 6.88. The first kappa shape index (κ1) is 14.5. The number of aryl methyl sites for hydroxylation is 1. The van der Waals surface area contributed by atoms with E-state index in [1.165, 1.54) is 6.07 Å². The van der Waals surface area contributed by atoms with Gasteiger partial charge >= 0.3 is 0 Å². The van der Waals surface area contributed by atoms with Gasteiger partial charge in [-0.15, -0.1) is 0 Å². The summed E-state index contributed by atoms with van der Waals surface area (Å²) in [6, 6.07) is 12.6. The zero-order valence-electron chi connectivity index (χ0n) is 11.9. The van der Waals surface area contributed by atoms with Crippen molar-refractivity contribution in [3.63, 3.8) is 0 Å². The molecule has 20 heavy (non-hydrogen) atoms. The highest BCUT2D eigenvalue weighted by atomic mass is 19.1. The molecule has 0 aliphatic rings. The van der Waals surface area contributed by atoms with Crippen molar-refractivity contribution in [1.29, 1.82) is 0 Å². The van der Waals surface area contributed by atoms with Crippen LogP contribution in [0.25, 0.3) is 0 Å². The Balaban J connectivity index is 2.33. The van der Waals surface area contributed by atoms with Crippen LogP contribution in [0.5, 0.6) is 11.5 Å². The molecule has 3 heteroatoms. The van der Waals surface area contributed by atoms with Gasteiger partial charge in [0.25, 0.3) is 0 Å². The third-order valence-electron chi connectivity index (χ3n) is 3.36. The van der Waals surface area contributed by atoms with Gasteiger partial charge in [0.1, 0.15) is 5.75 Å². The summed E-state index contributed by atoms with van der Waals surface area (Å²) in [6.07, 6.45) is 1.45. The van der Waals surface area contributed by atoms with Gasteiger partial charge in [-0.2, -0.15) is 0 Å². The quantitative estimate of drug-likeness (QED) is 0.885. The molecule has 0 aromatic heterocycles. The molecule has 0 amide bonds.